The first-order chi connectivity index (χ1) is 30.0. The fraction of sp³-hybridized carbons (Fsp3) is 0.647. The molecule has 0 bridgehead atoms. The second-order valence-corrected chi connectivity index (χ2v) is 14.0. The van der Waals surface area contributed by atoms with Crippen LogP contribution < -0.4 is 67.1 Å². The fourth-order valence-electron chi connectivity index (χ4n) is 5.53. The van der Waals surface area contributed by atoms with E-state index in [0.29, 0.717) is 0 Å². The molecule has 0 radical (unpaired) electrons. The van der Waals surface area contributed by atoms with Crippen LogP contribution in [0.5, 0.6) is 0 Å². The molecule has 0 spiro atoms. The molecule has 0 fully saturated rings. The number of nitrogens with two attached hydrogens (primary N) is 8. The Labute approximate surface area is 367 Å². The maximum atomic E-state index is 13.3. The van der Waals surface area contributed by atoms with E-state index in [2.05, 4.69) is 41.2 Å². The molecule has 0 aliphatic carbocycles. The molecule has 30 nitrogen and oxygen atoms in total. The molecule has 0 aliphatic rings. The topological polar surface area (TPSA) is 530 Å². The number of hydrogen-bond donors (Lipinski definition) is 16. The van der Waals surface area contributed by atoms with Crippen molar-refractivity contribution in [1.82, 2.24) is 31.1 Å². The van der Waals surface area contributed by atoms with Crippen LogP contribution in [0.4, 0.5) is 0 Å². The summed E-state index contributed by atoms with van der Waals surface area (Å²) in [5.74, 6) is -10.1. The van der Waals surface area contributed by atoms with Crippen molar-refractivity contribution < 1.29 is 58.8 Å². The summed E-state index contributed by atoms with van der Waals surface area (Å²) in [5, 5.41) is 48.3. The molecular formula is C34H64N18O12. The summed E-state index contributed by atoms with van der Waals surface area (Å²) in [6.07, 6.45) is 0.190. The van der Waals surface area contributed by atoms with Crippen molar-refractivity contribution in [2.45, 2.75) is 75.5 Å². The van der Waals surface area contributed by atoms with Crippen molar-refractivity contribution in [2.24, 2.45) is 65.8 Å². The lowest BCUT2D eigenvalue weighted by Crippen LogP contribution is -2.53. The average Bonchev–Trinajstić information content (AvgIpc) is 3.17. The van der Waals surface area contributed by atoms with Gasteiger partial charge in [-0.25, -0.2) is 19.2 Å². The van der Waals surface area contributed by atoms with Crippen molar-refractivity contribution in [3.05, 3.63) is 0 Å². The zero-order valence-electron chi connectivity index (χ0n) is 35.4. The maximum Gasteiger partial charge on any atom is 0.326 e. The Morgan fingerprint density at radius 3 is 0.719 bits per heavy atom. The van der Waals surface area contributed by atoms with E-state index < -0.39 is 97.9 Å². The quantitative estimate of drug-likeness (QED) is 0.0159. The third kappa shape index (κ3) is 29.1. The van der Waals surface area contributed by atoms with Gasteiger partial charge in [0.25, 0.3) is 0 Å². The molecule has 0 aromatic heterocycles. The van der Waals surface area contributed by atoms with Crippen molar-refractivity contribution in [1.29, 1.82) is 0 Å². The third-order valence-electron chi connectivity index (χ3n) is 8.52. The van der Waals surface area contributed by atoms with E-state index in [1.165, 1.54) is 0 Å². The van der Waals surface area contributed by atoms with Gasteiger partial charge in [-0.15, -0.1) is 0 Å². The first kappa shape index (κ1) is 56.8. The van der Waals surface area contributed by atoms with Crippen molar-refractivity contribution in [2.75, 3.05) is 65.4 Å². The van der Waals surface area contributed by atoms with Gasteiger partial charge in [-0.1, -0.05) is 0 Å². The number of guanidine groups is 4. The van der Waals surface area contributed by atoms with Crippen LogP contribution in [-0.4, -0.2) is 191 Å². The number of carbonyl (C=O) groups is 8. The molecule has 0 aromatic carbocycles. The number of hydrogen-bond acceptors (Lipinski definition) is 14. The van der Waals surface area contributed by atoms with Gasteiger partial charge in [0.2, 0.25) is 23.6 Å². The van der Waals surface area contributed by atoms with E-state index in [1.807, 2.05) is 0 Å². The molecular weight excluding hydrogens is 852 g/mol. The maximum absolute atomic E-state index is 13.3. The molecule has 64 heavy (non-hydrogen) atoms. The SMILES string of the molecule is NC(N)=NCCCC(NC(=O)CN(CCN(CC(=O)NC(CCCN=C(N)N)C(=O)O)CC(=O)NC(CCCN=C(N)N)C(=O)O)CC(=O)NC(CCCN=C(N)N)C(=O)O)C(=O)O. The highest BCUT2D eigenvalue weighted by atomic mass is 16.4. The van der Waals surface area contributed by atoms with E-state index >= 15 is 0 Å². The number of carboxylic acids is 4. The summed E-state index contributed by atoms with van der Waals surface area (Å²) in [6.45, 7) is -3.16. The summed E-state index contributed by atoms with van der Waals surface area (Å²) >= 11 is 0. The minimum Gasteiger partial charge on any atom is -0.480 e. The van der Waals surface area contributed by atoms with Crippen molar-refractivity contribution in [3.63, 3.8) is 0 Å². The number of amides is 4. The highest BCUT2D eigenvalue weighted by Crippen LogP contribution is 2.05. The van der Waals surface area contributed by atoms with E-state index in [-0.39, 0.29) is 114 Å². The van der Waals surface area contributed by atoms with Crippen LogP contribution in [0, 0.1) is 0 Å². The highest BCUT2D eigenvalue weighted by Gasteiger charge is 2.27. The van der Waals surface area contributed by atoms with Gasteiger partial charge in [0.1, 0.15) is 24.2 Å². The number of carbonyl (C=O) groups excluding carboxylic acids is 4. The molecule has 4 unspecified atom stereocenters. The Bertz CT molecular complexity index is 1440. The number of aliphatic imine (C=N–C) groups is 4. The molecule has 0 aliphatic heterocycles. The molecule has 30 heteroatoms. The molecule has 0 saturated carbocycles. The van der Waals surface area contributed by atoms with Crippen LogP contribution in [0.15, 0.2) is 20.0 Å². The van der Waals surface area contributed by atoms with Gasteiger partial charge in [0, 0.05) is 39.3 Å². The molecule has 0 aromatic rings. The molecule has 0 heterocycles. The van der Waals surface area contributed by atoms with Crippen LogP contribution in [0.25, 0.3) is 0 Å². The van der Waals surface area contributed by atoms with Crippen LogP contribution in [0.1, 0.15) is 51.4 Å². The number of nitrogens with one attached hydrogen (secondary N) is 4. The summed E-state index contributed by atoms with van der Waals surface area (Å²) in [6, 6.07) is -5.70. The Kier molecular flexibility index (Phi) is 28.0. The largest absolute Gasteiger partial charge is 0.480 e. The Hall–Kier alpha value is -7.24. The standard InChI is InChI=1S/C34H64N18O12/c35-31(36)43-9-1-5-19(27(57)58)47-23(53)15-51(16-24(54)48-20(28(59)60)6-2-10-44-32(37)38)13-14-52(17-25(55)49-21(29(61)62)7-3-11-45-33(39)40)18-26(56)50-22(30(63)64)8-4-12-46-34(41)42/h19-22H,1-18H2,(H,47,53)(H,48,54)(H,49,55)(H,50,56)(H,57,58)(H,59,60)(H,61,62)(H,63,64)(H4,35,36,43)(H4,37,38,44)(H4,39,40,45)(H4,41,42,46). The van der Waals surface area contributed by atoms with Crippen molar-refractivity contribution >= 4 is 71.3 Å². The number of nitrogens with zero attached hydrogens (tertiary/aromatic N) is 6. The van der Waals surface area contributed by atoms with Gasteiger partial charge >= 0.3 is 23.9 Å². The normalized spacial score (nSPS) is 12.6. The van der Waals surface area contributed by atoms with Gasteiger partial charge in [0.05, 0.1) is 26.2 Å². The van der Waals surface area contributed by atoms with E-state index in [4.69, 9.17) is 45.9 Å². The van der Waals surface area contributed by atoms with Gasteiger partial charge in [-0.05, 0) is 51.4 Å². The molecule has 4 amide bonds. The lowest BCUT2D eigenvalue weighted by molar-refractivity contribution is -0.143. The molecule has 4 atom stereocenters. The average molecular weight is 917 g/mol. The summed E-state index contributed by atoms with van der Waals surface area (Å²) < 4.78 is 0. The van der Waals surface area contributed by atoms with Gasteiger partial charge in [-0.2, -0.15) is 0 Å². The fourth-order valence-corrected chi connectivity index (χ4v) is 5.53. The third-order valence-corrected chi connectivity index (χ3v) is 8.52. The van der Waals surface area contributed by atoms with Crippen LogP contribution in [0.3, 0.4) is 0 Å². The number of aliphatic carboxylic acids is 4. The smallest absolute Gasteiger partial charge is 0.326 e. The molecule has 0 saturated heterocycles. The zero-order valence-corrected chi connectivity index (χ0v) is 35.4. The zero-order chi connectivity index (χ0) is 48.8. The van der Waals surface area contributed by atoms with Crippen molar-refractivity contribution in [3.8, 4) is 0 Å². The molecule has 24 N–H and O–H groups in total. The van der Waals surface area contributed by atoms with Crippen LogP contribution in [0.2, 0.25) is 0 Å². The summed E-state index contributed by atoms with van der Waals surface area (Å²) in [4.78, 5) is 118. The van der Waals surface area contributed by atoms with Gasteiger partial charge in [-0.3, -0.25) is 48.9 Å². The lowest BCUT2D eigenvalue weighted by atomic mass is 10.1. The Morgan fingerprint density at radius 1 is 0.375 bits per heavy atom. The first-order valence-electron chi connectivity index (χ1n) is 19.8. The lowest BCUT2D eigenvalue weighted by Gasteiger charge is -2.28. The minimum atomic E-state index is -1.42. The monoisotopic (exact) mass is 916 g/mol. The minimum absolute atomic E-state index is 0.0539. The van der Waals surface area contributed by atoms with E-state index in [9.17, 15) is 58.8 Å². The summed E-state index contributed by atoms with van der Waals surface area (Å²) in [5.41, 5.74) is 42.4. The predicted octanol–water partition coefficient (Wildman–Crippen LogP) is -7.92. The second kappa shape index (κ2) is 31.6. The van der Waals surface area contributed by atoms with Crippen LogP contribution >= 0.6 is 0 Å². The number of rotatable bonds is 35. The number of carboxylic acid groups (broad SMARTS) is 4. The predicted molar refractivity (Wildman–Crippen MR) is 231 cm³/mol. The Balaban J connectivity index is 6.56. The summed E-state index contributed by atoms with van der Waals surface area (Å²) in [7, 11) is 0. The first-order valence-corrected chi connectivity index (χ1v) is 19.8. The van der Waals surface area contributed by atoms with Gasteiger partial charge in [0.15, 0.2) is 23.8 Å². The van der Waals surface area contributed by atoms with E-state index in [1.54, 1.807) is 0 Å². The van der Waals surface area contributed by atoms with Crippen LogP contribution in [-0.2, 0) is 38.4 Å². The van der Waals surface area contributed by atoms with Gasteiger partial charge < -0.3 is 87.6 Å². The Morgan fingerprint density at radius 2 is 0.562 bits per heavy atom. The highest BCUT2D eigenvalue weighted by molar-refractivity contribution is 5.88. The second-order valence-electron chi connectivity index (χ2n) is 14.0. The van der Waals surface area contributed by atoms with E-state index in [0.717, 1.165) is 9.80 Å². The molecule has 0 rings (SSSR count). The molecule has 362 valence electrons.